The van der Waals surface area contributed by atoms with E-state index >= 15 is 0 Å². The topological polar surface area (TPSA) is 75.6 Å². The zero-order chi connectivity index (χ0) is 12.9. The number of hydrogen-bond acceptors (Lipinski definition) is 4. The number of benzene rings is 1. The lowest BCUT2D eigenvalue weighted by Gasteiger charge is -2.13. The zero-order valence-corrected chi connectivity index (χ0v) is 10.7. The molecule has 0 aromatic heterocycles. The minimum absolute atomic E-state index is 0.0428. The summed E-state index contributed by atoms with van der Waals surface area (Å²) in [5.74, 6) is -0.0780. The van der Waals surface area contributed by atoms with Gasteiger partial charge in [0.25, 0.3) is 0 Å². The summed E-state index contributed by atoms with van der Waals surface area (Å²) in [4.78, 5) is 0.0428. The Morgan fingerprint density at radius 3 is 2.76 bits per heavy atom. The van der Waals surface area contributed by atoms with Gasteiger partial charge in [0.15, 0.2) is 0 Å². The molecule has 96 valence electrons. The zero-order valence-electron chi connectivity index (χ0n) is 9.88. The van der Waals surface area contributed by atoms with Crippen LogP contribution < -0.4 is 4.72 Å². The summed E-state index contributed by atoms with van der Waals surface area (Å²) in [6.07, 6.45) is -0.188. The van der Waals surface area contributed by atoms with Crippen molar-refractivity contribution in [3.63, 3.8) is 0 Å². The number of nitrogens with one attached hydrogen (secondary N) is 1. The first-order valence-corrected chi connectivity index (χ1v) is 6.84. The third-order valence-corrected chi connectivity index (χ3v) is 3.56. The predicted octanol–water partition coefficient (Wildman–Crippen LogP) is 1.10. The number of aromatic hydroxyl groups is 1. The third kappa shape index (κ3) is 4.33. The number of hydrogen-bond donors (Lipinski definition) is 2. The molecule has 1 atom stereocenters. The maximum atomic E-state index is 11.8. The Morgan fingerprint density at radius 2 is 2.18 bits per heavy atom. The monoisotopic (exact) mass is 259 g/mol. The van der Waals surface area contributed by atoms with Crippen molar-refractivity contribution in [3.05, 3.63) is 24.3 Å². The standard InChI is InChI=1S/C11H17NO4S/c1-3-16-9(2)8-12-17(14,15)11-6-4-5-10(13)7-11/h4-7,9,12-13H,3,8H2,1-2H3. The van der Waals surface area contributed by atoms with Crippen molar-refractivity contribution in [2.75, 3.05) is 13.2 Å². The highest BCUT2D eigenvalue weighted by Crippen LogP contribution is 2.15. The molecule has 0 fully saturated rings. The van der Waals surface area contributed by atoms with Crippen LogP contribution in [0.25, 0.3) is 0 Å². The van der Waals surface area contributed by atoms with Gasteiger partial charge >= 0.3 is 0 Å². The molecule has 0 spiro atoms. The SMILES string of the molecule is CCOC(C)CNS(=O)(=O)c1cccc(O)c1. The van der Waals surface area contributed by atoms with E-state index in [1.807, 2.05) is 6.92 Å². The maximum Gasteiger partial charge on any atom is 0.240 e. The molecule has 1 unspecified atom stereocenters. The van der Waals surface area contributed by atoms with Crippen molar-refractivity contribution in [1.29, 1.82) is 0 Å². The highest BCUT2D eigenvalue weighted by atomic mass is 32.2. The van der Waals surface area contributed by atoms with Crippen molar-refractivity contribution in [2.45, 2.75) is 24.8 Å². The second kappa shape index (κ2) is 6.00. The molecule has 0 aliphatic heterocycles. The van der Waals surface area contributed by atoms with Gasteiger partial charge in [0.05, 0.1) is 11.0 Å². The van der Waals surface area contributed by atoms with Gasteiger partial charge in [0.1, 0.15) is 5.75 Å². The molecule has 0 radical (unpaired) electrons. The summed E-state index contributed by atoms with van der Waals surface area (Å²) in [5.41, 5.74) is 0. The summed E-state index contributed by atoms with van der Waals surface area (Å²) in [7, 11) is -3.59. The maximum absolute atomic E-state index is 11.8. The Kier molecular flexibility index (Phi) is 4.92. The van der Waals surface area contributed by atoms with Crippen molar-refractivity contribution in [3.8, 4) is 5.75 Å². The predicted molar refractivity (Wildman–Crippen MR) is 64.4 cm³/mol. The second-order valence-electron chi connectivity index (χ2n) is 3.62. The van der Waals surface area contributed by atoms with E-state index in [4.69, 9.17) is 4.74 Å². The smallest absolute Gasteiger partial charge is 0.240 e. The Balaban J connectivity index is 2.69. The minimum Gasteiger partial charge on any atom is -0.508 e. The summed E-state index contributed by atoms with van der Waals surface area (Å²) in [6.45, 7) is 4.37. The van der Waals surface area contributed by atoms with Gasteiger partial charge in [-0.05, 0) is 32.0 Å². The lowest BCUT2D eigenvalue weighted by atomic mass is 10.3. The molecule has 1 rings (SSSR count). The fourth-order valence-electron chi connectivity index (χ4n) is 1.30. The van der Waals surface area contributed by atoms with E-state index in [2.05, 4.69) is 4.72 Å². The Hall–Kier alpha value is -1.11. The lowest BCUT2D eigenvalue weighted by Crippen LogP contribution is -2.32. The van der Waals surface area contributed by atoms with Crippen molar-refractivity contribution in [1.82, 2.24) is 4.72 Å². The van der Waals surface area contributed by atoms with E-state index in [0.29, 0.717) is 6.61 Å². The van der Waals surface area contributed by atoms with Crippen LogP contribution in [0.3, 0.4) is 0 Å². The average molecular weight is 259 g/mol. The molecule has 0 heterocycles. The van der Waals surface area contributed by atoms with E-state index in [0.717, 1.165) is 0 Å². The summed E-state index contributed by atoms with van der Waals surface area (Å²) >= 11 is 0. The molecule has 1 aromatic rings. The van der Waals surface area contributed by atoms with Crippen LogP contribution >= 0.6 is 0 Å². The molecule has 0 bridgehead atoms. The van der Waals surface area contributed by atoms with Crippen LogP contribution in [-0.4, -0.2) is 32.8 Å². The molecular formula is C11H17NO4S. The van der Waals surface area contributed by atoms with E-state index in [1.54, 1.807) is 6.92 Å². The van der Waals surface area contributed by atoms with Crippen LogP contribution in [0.15, 0.2) is 29.2 Å². The first-order chi connectivity index (χ1) is 7.95. The highest BCUT2D eigenvalue weighted by Gasteiger charge is 2.15. The molecule has 0 amide bonds. The Bertz CT molecular complexity index is 458. The van der Waals surface area contributed by atoms with Crippen molar-refractivity contribution in [2.24, 2.45) is 0 Å². The molecule has 17 heavy (non-hydrogen) atoms. The van der Waals surface area contributed by atoms with Crippen LogP contribution in [0.5, 0.6) is 5.75 Å². The third-order valence-electron chi connectivity index (χ3n) is 2.14. The van der Waals surface area contributed by atoms with Gasteiger partial charge in [-0.3, -0.25) is 0 Å². The van der Waals surface area contributed by atoms with Gasteiger partial charge in [-0.1, -0.05) is 6.07 Å². The minimum atomic E-state index is -3.59. The quantitative estimate of drug-likeness (QED) is 0.802. The molecule has 0 saturated heterocycles. The van der Waals surface area contributed by atoms with Gasteiger partial charge in [-0.2, -0.15) is 0 Å². The molecule has 1 aromatic carbocycles. The Morgan fingerprint density at radius 1 is 1.47 bits per heavy atom. The van der Waals surface area contributed by atoms with E-state index in [9.17, 15) is 13.5 Å². The number of ether oxygens (including phenoxy) is 1. The fourth-order valence-corrected chi connectivity index (χ4v) is 2.46. The van der Waals surface area contributed by atoms with Crippen molar-refractivity contribution < 1.29 is 18.3 Å². The van der Waals surface area contributed by atoms with E-state index in [-0.39, 0.29) is 23.3 Å². The van der Waals surface area contributed by atoms with E-state index < -0.39 is 10.0 Å². The van der Waals surface area contributed by atoms with Crippen LogP contribution in [0, 0.1) is 0 Å². The number of rotatable bonds is 6. The molecule has 0 aliphatic rings. The molecule has 0 aliphatic carbocycles. The van der Waals surface area contributed by atoms with Crippen molar-refractivity contribution >= 4 is 10.0 Å². The average Bonchev–Trinajstić information content (AvgIpc) is 2.27. The number of sulfonamides is 1. The van der Waals surface area contributed by atoms with Crippen LogP contribution in [0.1, 0.15) is 13.8 Å². The summed E-state index contributed by atoms with van der Waals surface area (Å²) in [6, 6.07) is 5.53. The summed E-state index contributed by atoms with van der Waals surface area (Å²) < 4.78 is 31.3. The molecule has 5 nitrogen and oxygen atoms in total. The molecular weight excluding hydrogens is 242 g/mol. The molecule has 6 heteroatoms. The lowest BCUT2D eigenvalue weighted by molar-refractivity contribution is 0.0799. The first-order valence-electron chi connectivity index (χ1n) is 5.36. The van der Waals surface area contributed by atoms with Gasteiger partial charge < -0.3 is 9.84 Å². The van der Waals surface area contributed by atoms with Gasteiger partial charge in [0.2, 0.25) is 10.0 Å². The summed E-state index contributed by atoms with van der Waals surface area (Å²) in [5, 5.41) is 9.22. The van der Waals surface area contributed by atoms with Crippen LogP contribution in [0.2, 0.25) is 0 Å². The molecule has 2 N–H and O–H groups in total. The van der Waals surface area contributed by atoms with Gasteiger partial charge in [-0.25, -0.2) is 13.1 Å². The van der Waals surface area contributed by atoms with Gasteiger partial charge in [-0.15, -0.1) is 0 Å². The number of phenols is 1. The normalized spacial score (nSPS) is 13.5. The number of phenolic OH excluding ortho intramolecular Hbond substituents is 1. The van der Waals surface area contributed by atoms with Crippen LogP contribution in [-0.2, 0) is 14.8 Å². The first kappa shape index (κ1) is 14.0. The van der Waals surface area contributed by atoms with Crippen LogP contribution in [0.4, 0.5) is 0 Å². The fraction of sp³-hybridized carbons (Fsp3) is 0.455. The van der Waals surface area contributed by atoms with Gasteiger partial charge in [0, 0.05) is 13.2 Å². The molecule has 0 saturated carbocycles. The second-order valence-corrected chi connectivity index (χ2v) is 5.38. The van der Waals surface area contributed by atoms with E-state index in [1.165, 1.54) is 24.3 Å². The Labute approximate surface area is 101 Å². The largest absolute Gasteiger partial charge is 0.508 e. The highest BCUT2D eigenvalue weighted by molar-refractivity contribution is 7.89.